The summed E-state index contributed by atoms with van der Waals surface area (Å²) >= 11 is 3.56. The van der Waals surface area contributed by atoms with Gasteiger partial charge < -0.3 is 9.84 Å². The van der Waals surface area contributed by atoms with Gasteiger partial charge in [0.25, 0.3) is 0 Å². The number of ketones is 3. The zero-order valence-electron chi connectivity index (χ0n) is 18.2. The van der Waals surface area contributed by atoms with Gasteiger partial charge in [-0.1, -0.05) is 35.9 Å². The summed E-state index contributed by atoms with van der Waals surface area (Å²) in [5, 5.41) is 12.1. The van der Waals surface area contributed by atoms with E-state index < -0.39 is 34.8 Å². The first-order chi connectivity index (χ1) is 14.5. The minimum atomic E-state index is -1.70. The summed E-state index contributed by atoms with van der Waals surface area (Å²) in [5.74, 6) is -1.40. The molecular weight excluding hydrogens is 464 g/mol. The van der Waals surface area contributed by atoms with Gasteiger partial charge in [-0.05, 0) is 48.3 Å². The molecule has 4 aliphatic carbocycles. The average molecular weight is 493 g/mol. The molecule has 0 heterocycles. The second-order valence-electron chi connectivity index (χ2n) is 10.1. The second kappa shape index (κ2) is 7.48. The van der Waals surface area contributed by atoms with E-state index in [-0.39, 0.29) is 42.2 Å². The van der Waals surface area contributed by atoms with E-state index in [0.717, 1.165) is 11.1 Å². The fourth-order valence-corrected chi connectivity index (χ4v) is 7.45. The molecular formula is C24H29BrO6. The smallest absolute Gasteiger partial charge is 0.303 e. The van der Waals surface area contributed by atoms with E-state index in [1.165, 1.54) is 6.92 Å². The second-order valence-corrected chi connectivity index (χ2v) is 10.7. The van der Waals surface area contributed by atoms with Gasteiger partial charge in [-0.15, -0.1) is 0 Å². The highest BCUT2D eigenvalue weighted by Gasteiger charge is 2.68. The van der Waals surface area contributed by atoms with Gasteiger partial charge in [-0.3, -0.25) is 19.2 Å². The molecule has 0 saturated heterocycles. The summed E-state index contributed by atoms with van der Waals surface area (Å²) in [7, 11) is 0. The van der Waals surface area contributed by atoms with Crippen LogP contribution in [-0.4, -0.2) is 46.0 Å². The van der Waals surface area contributed by atoms with E-state index in [4.69, 9.17) is 4.74 Å². The Hall–Kier alpha value is -1.60. The summed E-state index contributed by atoms with van der Waals surface area (Å²) in [5.41, 5.74) is -1.06. The van der Waals surface area contributed by atoms with Crippen molar-refractivity contribution in [2.24, 2.45) is 28.6 Å². The molecule has 4 aliphatic rings. The van der Waals surface area contributed by atoms with Crippen LogP contribution in [0.2, 0.25) is 0 Å². The predicted octanol–water partition coefficient (Wildman–Crippen LogP) is 3.10. The van der Waals surface area contributed by atoms with Crippen LogP contribution in [0.15, 0.2) is 23.3 Å². The first kappa shape index (κ1) is 22.6. The van der Waals surface area contributed by atoms with E-state index in [1.54, 1.807) is 6.08 Å². The molecule has 1 N–H and O–H groups in total. The van der Waals surface area contributed by atoms with Crippen LogP contribution >= 0.6 is 15.9 Å². The molecule has 0 radical (unpaired) electrons. The largest absolute Gasteiger partial charge is 0.458 e. The van der Waals surface area contributed by atoms with Crippen molar-refractivity contribution < 1.29 is 29.0 Å². The Labute approximate surface area is 190 Å². The number of fused-ring (bicyclic) bond motifs is 5. The Balaban J connectivity index is 1.77. The van der Waals surface area contributed by atoms with Crippen LogP contribution in [0.4, 0.5) is 0 Å². The van der Waals surface area contributed by atoms with Gasteiger partial charge >= 0.3 is 5.97 Å². The summed E-state index contributed by atoms with van der Waals surface area (Å²) < 4.78 is 4.88. The Morgan fingerprint density at radius 1 is 1.26 bits per heavy atom. The molecule has 2 saturated carbocycles. The number of aliphatic hydroxyl groups is 1. The Morgan fingerprint density at radius 2 is 1.97 bits per heavy atom. The van der Waals surface area contributed by atoms with Crippen LogP contribution in [0.25, 0.3) is 0 Å². The molecule has 0 unspecified atom stereocenters. The van der Waals surface area contributed by atoms with E-state index in [1.807, 2.05) is 6.92 Å². The van der Waals surface area contributed by atoms with Crippen LogP contribution in [0.3, 0.4) is 0 Å². The molecule has 6 nitrogen and oxygen atoms in total. The highest BCUT2D eigenvalue weighted by Crippen LogP contribution is 2.66. The van der Waals surface area contributed by atoms with Crippen LogP contribution in [0.1, 0.15) is 52.9 Å². The lowest BCUT2D eigenvalue weighted by Crippen LogP contribution is -2.60. The van der Waals surface area contributed by atoms with Crippen LogP contribution in [0, 0.1) is 28.6 Å². The number of alkyl halides is 1. The number of ether oxygens (including phenoxy) is 1. The number of carbonyl (C=O) groups is 4. The zero-order valence-corrected chi connectivity index (χ0v) is 19.8. The monoisotopic (exact) mass is 492 g/mol. The van der Waals surface area contributed by atoms with Crippen LogP contribution < -0.4 is 0 Å². The van der Waals surface area contributed by atoms with Gasteiger partial charge in [0.1, 0.15) is 11.4 Å². The quantitative estimate of drug-likeness (QED) is 0.478. The third kappa shape index (κ3) is 3.14. The first-order valence-electron chi connectivity index (χ1n) is 10.9. The zero-order chi connectivity index (χ0) is 22.8. The third-order valence-electron chi connectivity index (χ3n) is 8.57. The minimum absolute atomic E-state index is 0.0389. The van der Waals surface area contributed by atoms with E-state index >= 15 is 0 Å². The number of hydrogen-bond donors (Lipinski definition) is 1. The Bertz CT molecular complexity index is 934. The lowest BCUT2D eigenvalue weighted by atomic mass is 9.46. The van der Waals surface area contributed by atoms with Gasteiger partial charge in [0, 0.05) is 41.8 Å². The van der Waals surface area contributed by atoms with E-state index in [0.29, 0.717) is 24.6 Å². The number of hydrogen-bond acceptors (Lipinski definition) is 6. The number of allylic oxidation sites excluding steroid dienone is 4. The molecule has 0 amide bonds. The summed E-state index contributed by atoms with van der Waals surface area (Å²) in [6.45, 7) is 4.67. The topological polar surface area (TPSA) is 97.7 Å². The van der Waals surface area contributed by atoms with Crippen molar-refractivity contribution in [3.8, 4) is 0 Å². The van der Waals surface area contributed by atoms with Gasteiger partial charge in [0.2, 0.25) is 5.78 Å². The first-order valence-corrected chi connectivity index (χ1v) is 12.0. The van der Waals surface area contributed by atoms with Crippen molar-refractivity contribution in [1.82, 2.24) is 0 Å². The Morgan fingerprint density at radius 3 is 2.61 bits per heavy atom. The fraction of sp³-hybridized carbons (Fsp3) is 0.667. The summed E-state index contributed by atoms with van der Waals surface area (Å²) in [4.78, 5) is 49.9. The Kier molecular flexibility index (Phi) is 5.45. The van der Waals surface area contributed by atoms with E-state index in [2.05, 4.69) is 28.9 Å². The molecule has 0 aromatic rings. The molecule has 0 aromatic carbocycles. The lowest BCUT2D eigenvalue weighted by molar-refractivity contribution is -0.170. The van der Waals surface area contributed by atoms with Crippen LogP contribution in [-0.2, 0) is 23.9 Å². The number of halogens is 1. The van der Waals surface area contributed by atoms with Crippen molar-refractivity contribution in [1.29, 1.82) is 0 Å². The van der Waals surface area contributed by atoms with Crippen molar-refractivity contribution in [3.63, 3.8) is 0 Å². The fourth-order valence-electron chi connectivity index (χ4n) is 6.96. The number of Topliss-reactive ketones (excluding diaryl/α,β-unsaturated/α-hetero) is 2. The highest BCUT2D eigenvalue weighted by atomic mass is 79.9. The lowest BCUT2D eigenvalue weighted by Gasteiger charge is -2.56. The maximum atomic E-state index is 13.6. The maximum Gasteiger partial charge on any atom is 0.303 e. The maximum absolute atomic E-state index is 13.6. The van der Waals surface area contributed by atoms with Gasteiger partial charge in [-0.2, -0.15) is 0 Å². The number of carbonyl (C=O) groups excluding carboxylic acids is 4. The standard InChI is InChI=1S/C24H29BrO6/c1-13(26)31-12-20(29)24(30)7-5-17-16-8-14(11-25)18-9-15(27)4-6-22(18,2)21(16)19(28)10-23(17,24)3/h8-9,16-17,21,30H,4-7,10-12H2,1-3H3/t16-,17-,21+,22-,23-,24-/m0/s1. The highest BCUT2D eigenvalue weighted by molar-refractivity contribution is 9.09. The molecule has 4 rings (SSSR count). The van der Waals surface area contributed by atoms with Crippen molar-refractivity contribution in [2.45, 2.75) is 58.5 Å². The number of rotatable bonds is 4. The molecule has 7 heteroatoms. The molecule has 168 valence electrons. The SMILES string of the molecule is CC(=O)OCC(=O)[C@@]1(O)CC[C@H]2[C@@H]3C=C(CBr)C4=CC(=O)CC[C@]4(C)[C@H]3C(=O)C[C@@]21C. The summed E-state index contributed by atoms with van der Waals surface area (Å²) in [6, 6.07) is 0. The van der Waals surface area contributed by atoms with Crippen molar-refractivity contribution >= 4 is 39.2 Å². The predicted molar refractivity (Wildman–Crippen MR) is 116 cm³/mol. The number of esters is 1. The van der Waals surface area contributed by atoms with Gasteiger partial charge in [0.05, 0.1) is 0 Å². The molecule has 0 spiro atoms. The average Bonchev–Trinajstić information content (AvgIpc) is 2.97. The molecule has 2 fully saturated rings. The molecule has 0 aliphatic heterocycles. The van der Waals surface area contributed by atoms with Gasteiger partial charge in [-0.25, -0.2) is 0 Å². The third-order valence-corrected chi connectivity index (χ3v) is 9.17. The molecule has 6 atom stereocenters. The van der Waals surface area contributed by atoms with Crippen molar-refractivity contribution in [2.75, 3.05) is 11.9 Å². The normalized spacial score (nSPS) is 41.5. The summed E-state index contributed by atoms with van der Waals surface area (Å²) in [6.07, 6.45) is 5.85. The molecule has 31 heavy (non-hydrogen) atoms. The molecule has 0 aromatic heterocycles. The van der Waals surface area contributed by atoms with Gasteiger partial charge in [0.15, 0.2) is 12.4 Å². The van der Waals surface area contributed by atoms with Crippen LogP contribution in [0.5, 0.6) is 0 Å². The molecule has 0 bridgehead atoms. The minimum Gasteiger partial charge on any atom is -0.458 e. The van der Waals surface area contributed by atoms with Crippen molar-refractivity contribution in [3.05, 3.63) is 23.3 Å². The van der Waals surface area contributed by atoms with E-state index in [9.17, 15) is 24.3 Å².